The Morgan fingerprint density at radius 2 is 2.07 bits per heavy atom. The number of aromatic nitrogens is 2. The molecule has 0 spiro atoms. The molecule has 3 rings (SSSR count). The van der Waals surface area contributed by atoms with Crippen molar-refractivity contribution in [1.82, 2.24) is 9.55 Å². The molecule has 0 aliphatic heterocycles. The quantitative estimate of drug-likeness (QED) is 0.466. The first-order valence-corrected chi connectivity index (χ1v) is 11.2. The molecule has 30 heavy (non-hydrogen) atoms. The molecule has 0 radical (unpaired) electrons. The SMILES string of the molecule is CSCC[C@H](Nc1cccc(CC(Cn2ccnc2)c2ccc(F)cc2)c1)C(=O)O. The lowest BCUT2D eigenvalue weighted by molar-refractivity contribution is -0.137. The molecule has 2 atom stereocenters. The zero-order valence-electron chi connectivity index (χ0n) is 16.9. The van der Waals surface area contributed by atoms with Gasteiger partial charge in [0.05, 0.1) is 6.33 Å². The van der Waals surface area contributed by atoms with E-state index >= 15 is 0 Å². The molecular formula is C23H26FN3O2S. The third kappa shape index (κ3) is 6.35. The van der Waals surface area contributed by atoms with Crippen molar-refractivity contribution >= 4 is 23.4 Å². The van der Waals surface area contributed by atoms with Crippen LogP contribution in [0.1, 0.15) is 23.5 Å². The van der Waals surface area contributed by atoms with Crippen LogP contribution in [0.4, 0.5) is 10.1 Å². The van der Waals surface area contributed by atoms with Crippen molar-refractivity contribution < 1.29 is 14.3 Å². The summed E-state index contributed by atoms with van der Waals surface area (Å²) in [5, 5.41) is 12.6. The number of hydrogen-bond donors (Lipinski definition) is 2. The monoisotopic (exact) mass is 427 g/mol. The van der Waals surface area contributed by atoms with E-state index in [1.54, 1.807) is 24.3 Å². The van der Waals surface area contributed by atoms with Crippen LogP contribution in [0.5, 0.6) is 0 Å². The minimum atomic E-state index is -0.848. The van der Waals surface area contributed by atoms with E-state index in [0.717, 1.165) is 35.5 Å². The van der Waals surface area contributed by atoms with Gasteiger partial charge in [-0.1, -0.05) is 24.3 Å². The van der Waals surface area contributed by atoms with E-state index in [2.05, 4.69) is 10.3 Å². The third-order valence-corrected chi connectivity index (χ3v) is 5.63. The highest BCUT2D eigenvalue weighted by atomic mass is 32.2. The van der Waals surface area contributed by atoms with Gasteiger partial charge in [0.15, 0.2) is 0 Å². The highest BCUT2D eigenvalue weighted by molar-refractivity contribution is 7.98. The number of aliphatic carboxylic acids is 1. The van der Waals surface area contributed by atoms with Gasteiger partial charge in [0.2, 0.25) is 0 Å². The molecule has 2 aromatic carbocycles. The molecule has 0 saturated carbocycles. The summed E-state index contributed by atoms with van der Waals surface area (Å²) in [6, 6.07) is 13.9. The molecule has 5 nitrogen and oxygen atoms in total. The first-order chi connectivity index (χ1) is 14.5. The molecular weight excluding hydrogens is 401 g/mol. The van der Waals surface area contributed by atoms with Crippen LogP contribution in [0.3, 0.4) is 0 Å². The van der Waals surface area contributed by atoms with Crippen molar-refractivity contribution in [3.8, 4) is 0 Å². The lowest BCUT2D eigenvalue weighted by atomic mass is 9.91. The number of benzene rings is 2. The van der Waals surface area contributed by atoms with Crippen molar-refractivity contribution in [3.05, 3.63) is 84.2 Å². The molecule has 7 heteroatoms. The summed E-state index contributed by atoms with van der Waals surface area (Å²) >= 11 is 1.63. The number of carboxylic acid groups (broad SMARTS) is 1. The highest BCUT2D eigenvalue weighted by Gasteiger charge is 2.18. The van der Waals surface area contributed by atoms with Crippen molar-refractivity contribution in [1.29, 1.82) is 0 Å². The van der Waals surface area contributed by atoms with E-state index in [9.17, 15) is 14.3 Å². The Morgan fingerprint density at radius 1 is 1.27 bits per heavy atom. The Labute approximate surface area is 180 Å². The fraction of sp³-hybridized carbons (Fsp3) is 0.304. The number of hydrogen-bond acceptors (Lipinski definition) is 4. The summed E-state index contributed by atoms with van der Waals surface area (Å²) in [6.45, 7) is 0.717. The van der Waals surface area contributed by atoms with E-state index in [1.807, 2.05) is 53.4 Å². The standard InChI is InChI=1S/C23H26FN3O2S/c1-30-12-9-22(23(28)29)26-21-4-2-3-17(14-21)13-19(15-27-11-10-25-16-27)18-5-7-20(24)8-6-18/h2-8,10-11,14,16,19,22,26H,9,12-13,15H2,1H3,(H,28,29)/t19?,22-/m0/s1. The summed E-state index contributed by atoms with van der Waals surface area (Å²) in [5.41, 5.74) is 2.93. The van der Waals surface area contributed by atoms with E-state index in [1.165, 1.54) is 12.1 Å². The van der Waals surface area contributed by atoms with Crippen LogP contribution in [-0.2, 0) is 17.8 Å². The Balaban J connectivity index is 1.77. The number of carboxylic acids is 1. The largest absolute Gasteiger partial charge is 0.480 e. The average molecular weight is 428 g/mol. The average Bonchev–Trinajstić information content (AvgIpc) is 3.24. The Kier molecular flexibility index (Phi) is 7.90. The van der Waals surface area contributed by atoms with Gasteiger partial charge in [-0.2, -0.15) is 11.8 Å². The smallest absolute Gasteiger partial charge is 0.326 e. The first kappa shape index (κ1) is 21.9. The Morgan fingerprint density at radius 3 is 2.73 bits per heavy atom. The van der Waals surface area contributed by atoms with E-state index in [0.29, 0.717) is 6.42 Å². The maximum absolute atomic E-state index is 13.4. The van der Waals surface area contributed by atoms with Crippen LogP contribution in [0.2, 0.25) is 0 Å². The molecule has 3 aromatic rings. The fourth-order valence-electron chi connectivity index (χ4n) is 3.44. The van der Waals surface area contributed by atoms with Crippen LogP contribution >= 0.6 is 11.8 Å². The van der Waals surface area contributed by atoms with Crippen LogP contribution in [0.25, 0.3) is 0 Å². The normalized spacial score (nSPS) is 13.0. The van der Waals surface area contributed by atoms with Crippen molar-refractivity contribution in [2.75, 3.05) is 17.3 Å². The first-order valence-electron chi connectivity index (χ1n) is 9.83. The van der Waals surface area contributed by atoms with Gasteiger partial charge in [-0.05, 0) is 60.2 Å². The van der Waals surface area contributed by atoms with Crippen LogP contribution in [0, 0.1) is 5.82 Å². The topological polar surface area (TPSA) is 67.2 Å². The lowest BCUT2D eigenvalue weighted by Crippen LogP contribution is -2.29. The van der Waals surface area contributed by atoms with Crippen LogP contribution < -0.4 is 5.32 Å². The van der Waals surface area contributed by atoms with E-state index in [-0.39, 0.29) is 11.7 Å². The second-order valence-electron chi connectivity index (χ2n) is 7.23. The lowest BCUT2D eigenvalue weighted by Gasteiger charge is -2.20. The van der Waals surface area contributed by atoms with Crippen molar-refractivity contribution in [2.45, 2.75) is 31.3 Å². The fourth-order valence-corrected chi connectivity index (χ4v) is 3.91. The molecule has 0 bridgehead atoms. The van der Waals surface area contributed by atoms with Gasteiger partial charge in [0, 0.05) is 30.5 Å². The van der Waals surface area contributed by atoms with Gasteiger partial charge in [-0.25, -0.2) is 14.2 Å². The molecule has 1 aromatic heterocycles. The predicted octanol–water partition coefficient (Wildman–Crippen LogP) is 4.67. The third-order valence-electron chi connectivity index (χ3n) is 4.99. The molecule has 0 amide bonds. The van der Waals surface area contributed by atoms with Gasteiger partial charge in [-0.15, -0.1) is 0 Å². The minimum absolute atomic E-state index is 0.127. The number of carbonyl (C=O) groups is 1. The molecule has 1 unspecified atom stereocenters. The second kappa shape index (κ2) is 10.8. The van der Waals surface area contributed by atoms with Gasteiger partial charge >= 0.3 is 5.97 Å². The maximum atomic E-state index is 13.4. The minimum Gasteiger partial charge on any atom is -0.480 e. The Bertz CT molecular complexity index is 932. The summed E-state index contributed by atoms with van der Waals surface area (Å²) in [5.74, 6) is -0.196. The molecule has 0 aliphatic carbocycles. The molecule has 158 valence electrons. The summed E-state index contributed by atoms with van der Waals surface area (Å²) < 4.78 is 15.4. The number of anilines is 1. The second-order valence-corrected chi connectivity index (χ2v) is 8.21. The number of nitrogens with one attached hydrogen (secondary N) is 1. The summed E-state index contributed by atoms with van der Waals surface area (Å²) in [6.07, 6.45) is 8.69. The zero-order valence-corrected chi connectivity index (χ0v) is 17.7. The zero-order chi connectivity index (χ0) is 21.3. The summed E-state index contributed by atoms with van der Waals surface area (Å²) in [7, 11) is 0. The van der Waals surface area contributed by atoms with Crippen molar-refractivity contribution in [3.63, 3.8) is 0 Å². The predicted molar refractivity (Wildman–Crippen MR) is 120 cm³/mol. The Hall–Kier alpha value is -2.80. The number of halogens is 1. The van der Waals surface area contributed by atoms with Gasteiger partial charge in [-0.3, -0.25) is 0 Å². The van der Waals surface area contributed by atoms with Crippen LogP contribution in [-0.4, -0.2) is 38.7 Å². The number of thioether (sulfide) groups is 1. The van der Waals surface area contributed by atoms with E-state index < -0.39 is 12.0 Å². The van der Waals surface area contributed by atoms with Gasteiger partial charge < -0.3 is 15.0 Å². The summed E-state index contributed by atoms with van der Waals surface area (Å²) in [4.78, 5) is 15.7. The molecule has 0 aliphatic rings. The van der Waals surface area contributed by atoms with Crippen LogP contribution in [0.15, 0.2) is 67.3 Å². The molecule has 0 saturated heterocycles. The highest BCUT2D eigenvalue weighted by Crippen LogP contribution is 2.25. The number of nitrogens with zero attached hydrogens (tertiary/aromatic N) is 2. The number of rotatable bonds is 11. The molecule has 0 fully saturated rings. The number of imidazole rings is 1. The van der Waals surface area contributed by atoms with E-state index in [4.69, 9.17) is 0 Å². The molecule has 2 N–H and O–H groups in total. The van der Waals surface area contributed by atoms with Crippen molar-refractivity contribution in [2.24, 2.45) is 0 Å². The maximum Gasteiger partial charge on any atom is 0.326 e. The molecule has 1 heterocycles. The van der Waals surface area contributed by atoms with Gasteiger partial charge in [0.25, 0.3) is 0 Å². The van der Waals surface area contributed by atoms with Gasteiger partial charge in [0.1, 0.15) is 11.9 Å².